The minimum atomic E-state index is -0.348. The van der Waals surface area contributed by atoms with Gasteiger partial charge >= 0.3 is 0 Å². The molecule has 0 atom stereocenters. The zero-order valence-corrected chi connectivity index (χ0v) is 13.3. The fraction of sp³-hybridized carbons (Fsp3) is 0.167. The van der Waals surface area contributed by atoms with E-state index in [2.05, 4.69) is 15.6 Å². The summed E-state index contributed by atoms with van der Waals surface area (Å²) >= 11 is 0. The lowest BCUT2D eigenvalue weighted by Gasteiger charge is -2.02. The molecule has 0 aliphatic heterocycles. The second kappa shape index (κ2) is 6.95. The largest absolute Gasteiger partial charge is 0.349 e. The Kier molecular flexibility index (Phi) is 4.56. The number of nitrogens with zero attached hydrogens (tertiary/aromatic N) is 2. The number of hydrogen-bond acceptors (Lipinski definition) is 3. The summed E-state index contributed by atoms with van der Waals surface area (Å²) in [6.07, 6.45) is 2.55. The van der Waals surface area contributed by atoms with Crippen LogP contribution in [0.1, 0.15) is 34.5 Å². The van der Waals surface area contributed by atoms with Gasteiger partial charge in [-0.2, -0.15) is 0 Å². The smallest absolute Gasteiger partial charge is 0.287 e. The second-order valence-corrected chi connectivity index (χ2v) is 5.32. The Balaban J connectivity index is 1.96. The molecule has 1 aromatic carbocycles. The van der Waals surface area contributed by atoms with Crippen molar-refractivity contribution in [3.05, 3.63) is 66.2 Å². The number of hydrogen-bond donors (Lipinski definition) is 2. The van der Waals surface area contributed by atoms with Crippen molar-refractivity contribution >= 4 is 23.0 Å². The standard InChI is InChI=1S/C18H18N4O2/c1-2-11-19-18(24)16-21-15(14-10-6-7-12-22(14)16)17(23)20-13-8-4-3-5-9-13/h3-10,12H,2,11H2,1H3,(H,19,24)(H,20,23). The van der Waals surface area contributed by atoms with Crippen LogP contribution in [0.3, 0.4) is 0 Å². The molecule has 0 aliphatic rings. The zero-order chi connectivity index (χ0) is 16.9. The predicted octanol–water partition coefficient (Wildman–Crippen LogP) is 2.73. The average molecular weight is 322 g/mol. The fourth-order valence-corrected chi connectivity index (χ4v) is 2.39. The van der Waals surface area contributed by atoms with Gasteiger partial charge in [-0.3, -0.25) is 14.0 Å². The molecule has 3 aromatic rings. The first-order valence-electron chi connectivity index (χ1n) is 7.82. The summed E-state index contributed by atoms with van der Waals surface area (Å²) in [5.74, 6) is -0.437. The Bertz CT molecular complexity index is 871. The van der Waals surface area contributed by atoms with Gasteiger partial charge in [-0.25, -0.2) is 4.98 Å². The highest BCUT2D eigenvalue weighted by molar-refractivity contribution is 6.08. The van der Waals surface area contributed by atoms with Crippen molar-refractivity contribution in [1.29, 1.82) is 0 Å². The van der Waals surface area contributed by atoms with Crippen LogP contribution >= 0.6 is 0 Å². The summed E-state index contributed by atoms with van der Waals surface area (Å²) in [5, 5.41) is 5.59. The summed E-state index contributed by atoms with van der Waals surface area (Å²) in [6, 6.07) is 14.5. The quantitative estimate of drug-likeness (QED) is 0.758. The van der Waals surface area contributed by atoms with Crippen molar-refractivity contribution in [2.75, 3.05) is 11.9 Å². The highest BCUT2D eigenvalue weighted by Crippen LogP contribution is 2.15. The molecule has 6 heteroatoms. The van der Waals surface area contributed by atoms with E-state index in [-0.39, 0.29) is 23.3 Å². The Morgan fingerprint density at radius 1 is 1.04 bits per heavy atom. The van der Waals surface area contributed by atoms with E-state index in [0.29, 0.717) is 17.7 Å². The first-order valence-corrected chi connectivity index (χ1v) is 7.82. The molecule has 0 saturated carbocycles. The van der Waals surface area contributed by atoms with Gasteiger partial charge in [0.1, 0.15) is 0 Å². The number of nitrogens with one attached hydrogen (secondary N) is 2. The number of benzene rings is 1. The van der Waals surface area contributed by atoms with Crippen molar-refractivity contribution < 1.29 is 9.59 Å². The van der Waals surface area contributed by atoms with Crippen LogP contribution in [0.5, 0.6) is 0 Å². The van der Waals surface area contributed by atoms with Crippen LogP contribution in [0, 0.1) is 0 Å². The van der Waals surface area contributed by atoms with Gasteiger partial charge < -0.3 is 10.6 Å². The number of rotatable bonds is 5. The summed E-state index contributed by atoms with van der Waals surface area (Å²) in [5.41, 5.74) is 1.49. The van der Waals surface area contributed by atoms with Crippen LogP contribution in [-0.2, 0) is 0 Å². The Labute approximate surface area is 139 Å². The van der Waals surface area contributed by atoms with Gasteiger partial charge in [0.05, 0.1) is 5.52 Å². The molecule has 0 aliphatic carbocycles. The van der Waals surface area contributed by atoms with E-state index >= 15 is 0 Å². The van der Waals surface area contributed by atoms with Crippen molar-refractivity contribution in [1.82, 2.24) is 14.7 Å². The van der Waals surface area contributed by atoms with Gasteiger partial charge in [0.2, 0.25) is 5.82 Å². The molecule has 2 amide bonds. The lowest BCUT2D eigenvalue weighted by atomic mass is 10.3. The highest BCUT2D eigenvalue weighted by Gasteiger charge is 2.21. The molecule has 2 heterocycles. The lowest BCUT2D eigenvalue weighted by Crippen LogP contribution is -2.26. The van der Waals surface area contributed by atoms with E-state index in [1.165, 1.54) is 0 Å². The number of fused-ring (bicyclic) bond motifs is 1. The maximum absolute atomic E-state index is 12.6. The molecule has 0 unspecified atom stereocenters. The second-order valence-electron chi connectivity index (χ2n) is 5.32. The number of aromatic nitrogens is 2. The number of para-hydroxylation sites is 1. The molecule has 0 spiro atoms. The molecular weight excluding hydrogens is 304 g/mol. The van der Waals surface area contributed by atoms with Crippen molar-refractivity contribution in [2.24, 2.45) is 0 Å². The van der Waals surface area contributed by atoms with Gasteiger partial charge in [0.15, 0.2) is 5.69 Å². The number of amides is 2. The Morgan fingerprint density at radius 2 is 1.79 bits per heavy atom. The minimum Gasteiger partial charge on any atom is -0.349 e. The molecule has 6 nitrogen and oxygen atoms in total. The van der Waals surface area contributed by atoms with Crippen LogP contribution in [0.15, 0.2) is 54.7 Å². The SMILES string of the molecule is CCCNC(=O)c1nc(C(=O)Nc2ccccc2)c2ccccn12. The predicted molar refractivity (Wildman–Crippen MR) is 92.2 cm³/mol. The fourth-order valence-electron chi connectivity index (χ4n) is 2.39. The van der Waals surface area contributed by atoms with Crippen molar-refractivity contribution in [2.45, 2.75) is 13.3 Å². The summed E-state index contributed by atoms with van der Waals surface area (Å²) in [4.78, 5) is 29.1. The molecule has 0 fully saturated rings. The van der Waals surface area contributed by atoms with Gasteiger partial charge in [-0.1, -0.05) is 31.2 Å². The minimum absolute atomic E-state index is 0.206. The average Bonchev–Trinajstić information content (AvgIpc) is 3.00. The van der Waals surface area contributed by atoms with E-state index in [4.69, 9.17) is 0 Å². The maximum atomic E-state index is 12.6. The van der Waals surface area contributed by atoms with Crippen LogP contribution in [-0.4, -0.2) is 27.7 Å². The molecule has 2 aromatic heterocycles. The van der Waals surface area contributed by atoms with Crippen LogP contribution in [0.2, 0.25) is 0 Å². The lowest BCUT2D eigenvalue weighted by molar-refractivity contribution is 0.0942. The molecule has 0 saturated heterocycles. The third kappa shape index (κ3) is 3.12. The van der Waals surface area contributed by atoms with E-state index < -0.39 is 0 Å². The first kappa shape index (κ1) is 15.7. The third-order valence-corrected chi connectivity index (χ3v) is 3.53. The maximum Gasteiger partial charge on any atom is 0.287 e. The molecule has 0 bridgehead atoms. The number of imidazole rings is 1. The molecule has 2 N–H and O–H groups in total. The van der Waals surface area contributed by atoms with Gasteiger partial charge in [0.25, 0.3) is 11.8 Å². The van der Waals surface area contributed by atoms with Crippen LogP contribution < -0.4 is 10.6 Å². The Morgan fingerprint density at radius 3 is 2.54 bits per heavy atom. The van der Waals surface area contributed by atoms with Crippen molar-refractivity contribution in [3.63, 3.8) is 0 Å². The normalized spacial score (nSPS) is 10.5. The van der Waals surface area contributed by atoms with Crippen molar-refractivity contribution in [3.8, 4) is 0 Å². The van der Waals surface area contributed by atoms with Gasteiger partial charge in [0, 0.05) is 18.4 Å². The van der Waals surface area contributed by atoms with E-state index in [1.54, 1.807) is 34.9 Å². The number of carbonyl (C=O) groups excluding carboxylic acids is 2. The van der Waals surface area contributed by atoms with Crippen LogP contribution in [0.4, 0.5) is 5.69 Å². The van der Waals surface area contributed by atoms with Crippen LogP contribution in [0.25, 0.3) is 5.52 Å². The summed E-state index contributed by atoms with van der Waals surface area (Å²) < 4.78 is 1.63. The molecule has 24 heavy (non-hydrogen) atoms. The summed E-state index contributed by atoms with van der Waals surface area (Å²) in [6.45, 7) is 2.54. The number of anilines is 1. The molecule has 3 rings (SSSR count). The molecular formula is C18H18N4O2. The highest BCUT2D eigenvalue weighted by atomic mass is 16.2. The number of carbonyl (C=O) groups is 2. The first-order chi connectivity index (χ1) is 11.7. The third-order valence-electron chi connectivity index (χ3n) is 3.53. The number of pyridine rings is 1. The van der Waals surface area contributed by atoms with E-state index in [9.17, 15) is 9.59 Å². The Hall–Kier alpha value is -3.15. The van der Waals surface area contributed by atoms with E-state index in [1.807, 2.05) is 31.2 Å². The molecule has 122 valence electrons. The monoisotopic (exact) mass is 322 g/mol. The van der Waals surface area contributed by atoms with E-state index in [0.717, 1.165) is 6.42 Å². The topological polar surface area (TPSA) is 75.5 Å². The molecule has 0 radical (unpaired) electrons. The van der Waals surface area contributed by atoms with Gasteiger partial charge in [-0.05, 0) is 30.7 Å². The zero-order valence-electron chi connectivity index (χ0n) is 13.3. The van der Waals surface area contributed by atoms with Gasteiger partial charge in [-0.15, -0.1) is 0 Å². The summed E-state index contributed by atoms with van der Waals surface area (Å²) in [7, 11) is 0.